The van der Waals surface area contributed by atoms with Crippen molar-refractivity contribution < 1.29 is 38.3 Å². The van der Waals surface area contributed by atoms with E-state index in [2.05, 4.69) is 37.8 Å². The Morgan fingerprint density at radius 3 is 1.95 bits per heavy atom. The largest absolute Gasteiger partial charge is 0.399 e. The number of hydrogen-bond donors (Lipinski definition) is 2. The van der Waals surface area contributed by atoms with Crippen molar-refractivity contribution in [2.75, 3.05) is 103 Å². The van der Waals surface area contributed by atoms with Crippen LogP contribution in [0.1, 0.15) is 33.3 Å². The monoisotopic (exact) mass is 542 g/mol. The van der Waals surface area contributed by atoms with Crippen molar-refractivity contribution in [1.29, 1.82) is 0 Å². The van der Waals surface area contributed by atoms with Gasteiger partial charge in [-0.15, -0.1) is 0 Å². The van der Waals surface area contributed by atoms with E-state index >= 15 is 0 Å². The van der Waals surface area contributed by atoms with Crippen LogP contribution in [0.3, 0.4) is 0 Å². The van der Waals surface area contributed by atoms with Gasteiger partial charge in [-0.3, -0.25) is 0 Å². The molecule has 2 atom stereocenters. The van der Waals surface area contributed by atoms with E-state index in [0.29, 0.717) is 85.1 Å². The van der Waals surface area contributed by atoms with E-state index in [1.54, 1.807) is 0 Å². The topological polar surface area (TPSA) is 114 Å². The molecule has 10 nitrogen and oxygen atoms in total. The predicted octanol–water partition coefficient (Wildman–Crippen LogP) is 2.50. The highest BCUT2D eigenvalue weighted by Gasteiger charge is 2.39. The minimum absolute atomic E-state index is 0.0122. The van der Waals surface area contributed by atoms with Crippen LogP contribution >= 0.6 is 0 Å². The Balaban J connectivity index is 1.79. The molecule has 1 aromatic rings. The lowest BCUT2D eigenvalue weighted by molar-refractivity contribution is -0.155. The van der Waals surface area contributed by atoms with Gasteiger partial charge in [0.2, 0.25) is 0 Å². The molecule has 0 saturated heterocycles. The Morgan fingerprint density at radius 1 is 0.868 bits per heavy atom. The van der Waals surface area contributed by atoms with Crippen molar-refractivity contribution in [1.82, 2.24) is 0 Å². The number of nitrogens with two attached hydrogens (primary N) is 1. The zero-order chi connectivity index (χ0) is 27.6. The first-order chi connectivity index (χ1) is 18.4. The maximum atomic E-state index is 8.93. The van der Waals surface area contributed by atoms with Crippen LogP contribution in [-0.2, 0) is 39.6 Å². The minimum Gasteiger partial charge on any atom is -0.399 e. The van der Waals surface area contributed by atoms with E-state index in [4.69, 9.17) is 44.0 Å². The zero-order valence-corrected chi connectivity index (χ0v) is 23.8. The highest BCUT2D eigenvalue weighted by Crippen LogP contribution is 2.41. The highest BCUT2D eigenvalue weighted by molar-refractivity contribution is 5.63. The lowest BCUT2D eigenvalue weighted by atomic mass is 9.78. The van der Waals surface area contributed by atoms with Gasteiger partial charge in [-0.05, 0) is 56.9 Å². The number of nitrogen functional groups attached to an aromatic ring is 1. The van der Waals surface area contributed by atoms with Crippen LogP contribution in [0.15, 0.2) is 18.2 Å². The maximum Gasteiger partial charge on any atom is 0.175 e. The van der Waals surface area contributed by atoms with Crippen LogP contribution in [0.4, 0.5) is 11.4 Å². The van der Waals surface area contributed by atoms with Crippen LogP contribution in [0.25, 0.3) is 0 Å². The first kappa shape index (κ1) is 32.7. The molecule has 0 aliphatic carbocycles. The van der Waals surface area contributed by atoms with Crippen molar-refractivity contribution in [3.63, 3.8) is 0 Å². The molecule has 0 bridgehead atoms. The summed E-state index contributed by atoms with van der Waals surface area (Å²) in [6.45, 7) is 15.1. The van der Waals surface area contributed by atoms with E-state index < -0.39 is 6.29 Å². The molecule has 2 rings (SSSR count). The molecule has 220 valence electrons. The second kappa shape index (κ2) is 18.7. The van der Waals surface area contributed by atoms with Crippen LogP contribution in [0.2, 0.25) is 0 Å². The average Bonchev–Trinajstić information content (AvgIpc) is 2.89. The van der Waals surface area contributed by atoms with E-state index in [1.807, 2.05) is 13.0 Å². The summed E-state index contributed by atoms with van der Waals surface area (Å²) in [7, 11) is 0. The number of ether oxygens (including phenoxy) is 7. The second-order valence-electron chi connectivity index (χ2n) is 9.80. The quantitative estimate of drug-likeness (QED) is 0.129. The lowest BCUT2D eigenvalue weighted by Crippen LogP contribution is -2.55. The first-order valence-electron chi connectivity index (χ1n) is 13.8. The number of benzene rings is 1. The molecule has 0 amide bonds. The Hall–Kier alpha value is -1.50. The highest BCUT2D eigenvalue weighted by atomic mass is 16.7. The zero-order valence-electron chi connectivity index (χ0n) is 23.8. The molecule has 0 radical (unpaired) electrons. The van der Waals surface area contributed by atoms with E-state index in [-0.39, 0.29) is 18.8 Å². The lowest BCUT2D eigenvalue weighted by Gasteiger charge is -2.50. The Kier molecular flexibility index (Phi) is 16.1. The van der Waals surface area contributed by atoms with Gasteiger partial charge >= 0.3 is 0 Å². The molecule has 1 heterocycles. The third-order valence-corrected chi connectivity index (χ3v) is 6.77. The predicted molar refractivity (Wildman–Crippen MR) is 148 cm³/mol. The summed E-state index contributed by atoms with van der Waals surface area (Å²) in [5, 5.41) is 8.93. The summed E-state index contributed by atoms with van der Waals surface area (Å²) in [4.78, 5) is 2.36. The Labute approximate surface area is 228 Å². The number of aliphatic hydroxyl groups is 1. The normalized spacial score (nSPS) is 17.5. The molecule has 0 saturated carbocycles. The number of aliphatic hydroxyl groups excluding tert-OH is 1. The van der Waals surface area contributed by atoms with Crippen LogP contribution in [0, 0.1) is 5.92 Å². The third kappa shape index (κ3) is 11.7. The van der Waals surface area contributed by atoms with Gasteiger partial charge in [-0.1, -0.05) is 6.92 Å². The molecule has 2 unspecified atom stereocenters. The van der Waals surface area contributed by atoms with Crippen molar-refractivity contribution in [2.24, 2.45) is 5.92 Å². The first-order valence-corrected chi connectivity index (χ1v) is 13.8. The fraction of sp³-hybridized carbons (Fsp3) is 0.786. The number of rotatable bonds is 22. The molecule has 1 aliphatic rings. The molecule has 0 fully saturated rings. The van der Waals surface area contributed by atoms with Crippen molar-refractivity contribution in [2.45, 2.75) is 45.9 Å². The summed E-state index contributed by atoms with van der Waals surface area (Å²) in [5.41, 5.74) is 9.15. The molecule has 0 spiro atoms. The van der Waals surface area contributed by atoms with E-state index in [9.17, 15) is 0 Å². The van der Waals surface area contributed by atoms with Crippen molar-refractivity contribution in [3.05, 3.63) is 23.8 Å². The van der Waals surface area contributed by atoms with E-state index in [0.717, 1.165) is 17.8 Å². The molecular formula is C28H50N2O8. The standard InChI is InChI=1S/C28H50N2O8/c1-5-32-10-11-34-12-13-35-14-15-36-17-19-38-27(37-18-16-33-9-8-31)22-30-26-7-6-25(29)21-24(26)20-23(2)28(30,3)4/h6-7,21,23,27,31H,5,8-20,22,29H2,1-4H3. The summed E-state index contributed by atoms with van der Waals surface area (Å²) in [6.07, 6.45) is 0.497. The molecular weight excluding hydrogens is 492 g/mol. The number of hydrogen-bond acceptors (Lipinski definition) is 10. The number of fused-ring (bicyclic) bond motifs is 1. The van der Waals surface area contributed by atoms with Gasteiger partial charge < -0.3 is 48.9 Å². The number of anilines is 2. The second-order valence-corrected chi connectivity index (χ2v) is 9.80. The SMILES string of the molecule is CCOCCOCCOCCOCCOC(CN1c2ccc(N)cc2CC(C)C1(C)C)OCCOCCO. The van der Waals surface area contributed by atoms with Gasteiger partial charge in [0.05, 0.1) is 85.8 Å². The van der Waals surface area contributed by atoms with Gasteiger partial charge in [0.15, 0.2) is 6.29 Å². The third-order valence-electron chi connectivity index (χ3n) is 6.77. The smallest absolute Gasteiger partial charge is 0.175 e. The molecule has 1 aromatic carbocycles. The molecule has 3 N–H and O–H groups in total. The van der Waals surface area contributed by atoms with E-state index in [1.165, 1.54) is 5.56 Å². The molecule has 10 heteroatoms. The summed E-state index contributed by atoms with van der Waals surface area (Å²) >= 11 is 0. The summed E-state index contributed by atoms with van der Waals surface area (Å²) < 4.78 is 39.4. The fourth-order valence-electron chi connectivity index (χ4n) is 4.27. The van der Waals surface area contributed by atoms with Gasteiger partial charge in [-0.25, -0.2) is 0 Å². The van der Waals surface area contributed by atoms with Crippen LogP contribution in [-0.4, -0.2) is 109 Å². The van der Waals surface area contributed by atoms with Crippen LogP contribution < -0.4 is 10.6 Å². The fourth-order valence-corrected chi connectivity index (χ4v) is 4.27. The van der Waals surface area contributed by atoms with Gasteiger partial charge in [0.25, 0.3) is 0 Å². The number of nitrogens with zero attached hydrogens (tertiary/aromatic N) is 1. The minimum atomic E-state index is -0.476. The van der Waals surface area contributed by atoms with Crippen molar-refractivity contribution >= 4 is 11.4 Å². The average molecular weight is 543 g/mol. The Bertz CT molecular complexity index is 752. The van der Waals surface area contributed by atoms with Gasteiger partial charge in [-0.2, -0.15) is 0 Å². The molecule has 0 aromatic heterocycles. The molecule has 38 heavy (non-hydrogen) atoms. The van der Waals surface area contributed by atoms with Gasteiger partial charge in [0.1, 0.15) is 0 Å². The summed E-state index contributed by atoms with van der Waals surface area (Å²) in [6, 6.07) is 6.10. The summed E-state index contributed by atoms with van der Waals surface area (Å²) in [5.74, 6) is 0.420. The molecule has 1 aliphatic heterocycles. The van der Waals surface area contributed by atoms with Crippen LogP contribution in [0.5, 0.6) is 0 Å². The Morgan fingerprint density at radius 2 is 1.39 bits per heavy atom. The van der Waals surface area contributed by atoms with Gasteiger partial charge in [0, 0.05) is 23.5 Å². The van der Waals surface area contributed by atoms with Crippen molar-refractivity contribution in [3.8, 4) is 0 Å². The maximum absolute atomic E-state index is 8.93.